The van der Waals surface area contributed by atoms with Crippen LogP contribution in [0.25, 0.3) is 0 Å². The molecule has 4 heteroatoms. The summed E-state index contributed by atoms with van der Waals surface area (Å²) in [5.74, 6) is -0.880. The van der Waals surface area contributed by atoms with Gasteiger partial charge in [-0.15, -0.1) is 0 Å². The van der Waals surface area contributed by atoms with Crippen LogP contribution in [-0.2, 0) is 19.1 Å². The summed E-state index contributed by atoms with van der Waals surface area (Å²) in [6.07, 6.45) is 23.8. The molecular weight excluding hydrogens is 364 g/mol. The summed E-state index contributed by atoms with van der Waals surface area (Å²) in [5.41, 5.74) is 0. The molecule has 0 aliphatic carbocycles. The van der Waals surface area contributed by atoms with Gasteiger partial charge in [-0.2, -0.15) is 0 Å². The Bertz CT molecular complexity index is 381. The molecule has 0 radical (unpaired) electrons. The monoisotopic (exact) mass is 412 g/mol. The van der Waals surface area contributed by atoms with E-state index in [0.29, 0.717) is 6.42 Å². The van der Waals surface area contributed by atoms with Crippen LogP contribution in [0.4, 0.5) is 0 Å². The van der Waals surface area contributed by atoms with Gasteiger partial charge in [0, 0.05) is 6.92 Å². The van der Waals surface area contributed by atoms with Gasteiger partial charge in [0.15, 0.2) is 6.10 Å². The molecule has 0 saturated carbocycles. The highest BCUT2D eigenvalue weighted by molar-refractivity contribution is 5.78. The first kappa shape index (κ1) is 27.9. The third kappa shape index (κ3) is 20.0. The average molecular weight is 413 g/mol. The van der Waals surface area contributed by atoms with Gasteiger partial charge in [0.25, 0.3) is 0 Å². The molecule has 4 nitrogen and oxygen atoms in total. The second kappa shape index (κ2) is 21.6. The minimum Gasteiger partial charge on any atom is -0.466 e. The van der Waals surface area contributed by atoms with Crippen LogP contribution in [0.2, 0.25) is 0 Å². The first-order chi connectivity index (χ1) is 14.1. The molecule has 0 aliphatic rings. The lowest BCUT2D eigenvalue weighted by Crippen LogP contribution is -2.27. The second-order valence-corrected chi connectivity index (χ2v) is 8.42. The van der Waals surface area contributed by atoms with Crippen molar-refractivity contribution >= 4 is 11.9 Å². The number of rotatable bonds is 21. The molecule has 0 heterocycles. The van der Waals surface area contributed by atoms with E-state index in [1.165, 1.54) is 117 Å². The molecule has 29 heavy (non-hydrogen) atoms. The summed E-state index contributed by atoms with van der Waals surface area (Å²) in [6, 6.07) is 0. The third-order valence-corrected chi connectivity index (χ3v) is 5.59. The number of esters is 2. The van der Waals surface area contributed by atoms with E-state index in [4.69, 9.17) is 4.74 Å². The molecule has 0 aromatic heterocycles. The molecule has 0 aliphatic heterocycles. The van der Waals surface area contributed by atoms with Crippen molar-refractivity contribution in [1.82, 2.24) is 0 Å². The van der Waals surface area contributed by atoms with E-state index >= 15 is 0 Å². The minimum absolute atomic E-state index is 0.428. The summed E-state index contributed by atoms with van der Waals surface area (Å²) in [5, 5.41) is 0. The highest BCUT2D eigenvalue weighted by Crippen LogP contribution is 2.15. The summed E-state index contributed by atoms with van der Waals surface area (Å²) in [6.45, 7) is 3.60. The predicted octanol–water partition coefficient (Wildman–Crippen LogP) is 7.52. The van der Waals surface area contributed by atoms with Crippen LogP contribution < -0.4 is 0 Å². The quantitative estimate of drug-likeness (QED) is 0.144. The fourth-order valence-electron chi connectivity index (χ4n) is 3.79. The predicted molar refractivity (Wildman–Crippen MR) is 121 cm³/mol. The van der Waals surface area contributed by atoms with Crippen molar-refractivity contribution in [3.63, 3.8) is 0 Å². The number of ether oxygens (including phenoxy) is 2. The number of methoxy groups -OCH3 is 1. The maximum absolute atomic E-state index is 11.6. The Kier molecular flexibility index (Phi) is 20.9. The van der Waals surface area contributed by atoms with Crippen molar-refractivity contribution in [3.8, 4) is 0 Å². The third-order valence-electron chi connectivity index (χ3n) is 5.59. The van der Waals surface area contributed by atoms with E-state index in [9.17, 15) is 9.59 Å². The maximum atomic E-state index is 11.6. The van der Waals surface area contributed by atoms with Gasteiger partial charge in [-0.25, -0.2) is 4.79 Å². The van der Waals surface area contributed by atoms with Gasteiger partial charge >= 0.3 is 11.9 Å². The first-order valence-corrected chi connectivity index (χ1v) is 12.4. The molecular formula is C25H48O4. The molecule has 172 valence electrons. The summed E-state index contributed by atoms with van der Waals surface area (Å²) in [4.78, 5) is 22.6. The topological polar surface area (TPSA) is 52.6 Å². The van der Waals surface area contributed by atoms with Crippen LogP contribution in [-0.4, -0.2) is 25.2 Å². The zero-order chi connectivity index (χ0) is 21.6. The Morgan fingerprint density at radius 1 is 0.621 bits per heavy atom. The average Bonchev–Trinajstić information content (AvgIpc) is 2.71. The largest absolute Gasteiger partial charge is 0.466 e. The standard InChI is InChI=1S/C25H48O4/c1-4-5-6-7-8-9-10-11-12-13-14-15-16-17-18-19-20-21-22-24(25(27)28-3)29-23(2)26/h24H,4-22H2,1-3H3/t24-/m1/s1. The van der Waals surface area contributed by atoms with Crippen molar-refractivity contribution in [3.05, 3.63) is 0 Å². The van der Waals surface area contributed by atoms with Gasteiger partial charge in [-0.1, -0.05) is 116 Å². The molecule has 0 amide bonds. The summed E-state index contributed by atoms with van der Waals surface area (Å²) < 4.78 is 9.71. The molecule has 1 atom stereocenters. The smallest absolute Gasteiger partial charge is 0.347 e. The van der Waals surface area contributed by atoms with Gasteiger partial charge in [0.05, 0.1) is 7.11 Å². The zero-order valence-electron chi connectivity index (χ0n) is 19.6. The van der Waals surface area contributed by atoms with E-state index in [0.717, 1.165) is 12.8 Å². The normalized spacial score (nSPS) is 12.0. The Balaban J connectivity index is 3.31. The lowest BCUT2D eigenvalue weighted by molar-refractivity contribution is -0.165. The lowest BCUT2D eigenvalue weighted by Gasteiger charge is -2.14. The van der Waals surface area contributed by atoms with Gasteiger partial charge in [-0.05, 0) is 12.8 Å². The fraction of sp³-hybridized carbons (Fsp3) is 0.920. The highest BCUT2D eigenvalue weighted by atomic mass is 16.6. The van der Waals surface area contributed by atoms with Crippen molar-refractivity contribution in [2.75, 3.05) is 7.11 Å². The number of carbonyl (C=O) groups excluding carboxylic acids is 2. The van der Waals surface area contributed by atoms with Crippen LogP contribution in [0, 0.1) is 0 Å². The molecule has 0 bridgehead atoms. The zero-order valence-corrected chi connectivity index (χ0v) is 19.6. The Labute approximate surface area is 180 Å². The number of carbonyl (C=O) groups is 2. The Morgan fingerprint density at radius 3 is 1.28 bits per heavy atom. The van der Waals surface area contributed by atoms with E-state index in [1.807, 2.05) is 0 Å². The van der Waals surface area contributed by atoms with Crippen molar-refractivity contribution in [2.24, 2.45) is 0 Å². The summed E-state index contributed by atoms with van der Waals surface area (Å²) in [7, 11) is 1.33. The second-order valence-electron chi connectivity index (χ2n) is 8.42. The molecule has 0 aromatic carbocycles. The van der Waals surface area contributed by atoms with Gasteiger partial charge in [-0.3, -0.25) is 4.79 Å². The molecule has 0 aromatic rings. The lowest BCUT2D eigenvalue weighted by atomic mass is 10.0. The van der Waals surface area contributed by atoms with Crippen LogP contribution in [0.5, 0.6) is 0 Å². The Morgan fingerprint density at radius 2 is 0.966 bits per heavy atom. The van der Waals surface area contributed by atoms with E-state index in [-0.39, 0.29) is 0 Å². The Hall–Kier alpha value is -1.06. The number of hydrogen-bond acceptors (Lipinski definition) is 4. The van der Waals surface area contributed by atoms with Crippen molar-refractivity contribution in [1.29, 1.82) is 0 Å². The number of hydrogen-bond donors (Lipinski definition) is 0. The molecule has 0 fully saturated rings. The van der Waals surface area contributed by atoms with Crippen molar-refractivity contribution in [2.45, 2.75) is 142 Å². The highest BCUT2D eigenvalue weighted by Gasteiger charge is 2.21. The molecule has 0 saturated heterocycles. The fourth-order valence-corrected chi connectivity index (χ4v) is 3.79. The van der Waals surface area contributed by atoms with E-state index in [2.05, 4.69) is 11.7 Å². The van der Waals surface area contributed by atoms with E-state index < -0.39 is 18.0 Å². The summed E-state index contributed by atoms with van der Waals surface area (Å²) >= 11 is 0. The maximum Gasteiger partial charge on any atom is 0.347 e. The van der Waals surface area contributed by atoms with Gasteiger partial charge in [0.2, 0.25) is 0 Å². The van der Waals surface area contributed by atoms with Gasteiger partial charge in [0.1, 0.15) is 0 Å². The molecule has 0 N–H and O–H groups in total. The van der Waals surface area contributed by atoms with Crippen LogP contribution in [0.1, 0.15) is 136 Å². The van der Waals surface area contributed by atoms with Crippen LogP contribution >= 0.6 is 0 Å². The van der Waals surface area contributed by atoms with Crippen LogP contribution in [0.3, 0.4) is 0 Å². The number of unbranched alkanes of at least 4 members (excludes halogenated alkanes) is 17. The molecule has 0 rings (SSSR count). The van der Waals surface area contributed by atoms with Crippen LogP contribution in [0.15, 0.2) is 0 Å². The van der Waals surface area contributed by atoms with Crippen molar-refractivity contribution < 1.29 is 19.1 Å². The first-order valence-electron chi connectivity index (χ1n) is 12.4. The van der Waals surface area contributed by atoms with Gasteiger partial charge < -0.3 is 9.47 Å². The minimum atomic E-state index is -0.737. The molecule has 0 spiro atoms. The van der Waals surface area contributed by atoms with E-state index in [1.54, 1.807) is 0 Å². The molecule has 0 unspecified atom stereocenters. The SMILES string of the molecule is CCCCCCCCCCCCCCCCCCCC[C@@H](OC(C)=O)C(=O)OC.